The molecule has 2 nitrogen and oxygen atoms in total. The summed E-state index contributed by atoms with van der Waals surface area (Å²) in [4.78, 5) is 4.22. The van der Waals surface area contributed by atoms with E-state index in [2.05, 4.69) is 4.98 Å². The summed E-state index contributed by atoms with van der Waals surface area (Å²) in [5.74, 6) is -0.158. The monoisotopic (exact) mass is 326 g/mol. The van der Waals surface area contributed by atoms with E-state index in [4.69, 9.17) is 23.2 Å². The third kappa shape index (κ3) is 2.61. The second-order valence-electron chi connectivity index (χ2n) is 4.60. The van der Waals surface area contributed by atoms with Gasteiger partial charge < -0.3 is 4.57 Å². The van der Waals surface area contributed by atoms with Crippen LogP contribution in [0.3, 0.4) is 0 Å². The summed E-state index contributed by atoms with van der Waals surface area (Å²) in [5.41, 5.74) is 1.71. The Morgan fingerprint density at radius 1 is 1.10 bits per heavy atom. The van der Waals surface area contributed by atoms with E-state index >= 15 is 0 Å². The van der Waals surface area contributed by atoms with Crippen LogP contribution >= 0.6 is 23.2 Å². The molecular weight excluding hydrogens is 317 g/mol. The van der Waals surface area contributed by atoms with Crippen molar-refractivity contribution in [1.29, 1.82) is 0 Å². The predicted octanol–water partition coefficient (Wildman–Crippen LogP) is 4.76. The SMILES string of the molecule is Fc1ccc(Cn2c(CCl)nc3c(F)cccc32)cc1Cl. The van der Waals surface area contributed by atoms with Crippen LogP contribution in [0.1, 0.15) is 11.4 Å². The van der Waals surface area contributed by atoms with Crippen molar-refractivity contribution in [1.82, 2.24) is 9.55 Å². The van der Waals surface area contributed by atoms with Crippen LogP contribution in [0, 0.1) is 11.6 Å². The van der Waals surface area contributed by atoms with Crippen molar-refractivity contribution in [3.63, 3.8) is 0 Å². The fourth-order valence-electron chi connectivity index (χ4n) is 2.26. The van der Waals surface area contributed by atoms with Crippen molar-refractivity contribution < 1.29 is 8.78 Å². The normalized spacial score (nSPS) is 11.2. The summed E-state index contributed by atoms with van der Waals surface area (Å²) in [6, 6.07) is 9.21. The van der Waals surface area contributed by atoms with Crippen LogP contribution in [-0.2, 0) is 12.4 Å². The summed E-state index contributed by atoms with van der Waals surface area (Å²) in [6.45, 7) is 0.391. The molecule has 0 N–H and O–H groups in total. The molecular formula is C15H10Cl2F2N2. The number of hydrogen-bond donors (Lipinski definition) is 0. The van der Waals surface area contributed by atoms with Crippen LogP contribution < -0.4 is 0 Å². The Kier molecular flexibility index (Phi) is 3.83. The van der Waals surface area contributed by atoms with E-state index in [1.807, 2.05) is 0 Å². The molecule has 0 bridgehead atoms. The Labute approximate surface area is 129 Å². The number of para-hydroxylation sites is 1. The average Bonchev–Trinajstić information content (AvgIpc) is 2.83. The number of alkyl halides is 1. The van der Waals surface area contributed by atoms with Crippen molar-refractivity contribution in [3.05, 3.63) is 64.4 Å². The van der Waals surface area contributed by atoms with E-state index in [9.17, 15) is 8.78 Å². The van der Waals surface area contributed by atoms with Gasteiger partial charge in [0.05, 0.1) is 16.4 Å². The number of imidazole rings is 1. The van der Waals surface area contributed by atoms with Gasteiger partial charge in [-0.2, -0.15) is 0 Å². The van der Waals surface area contributed by atoms with Crippen LogP contribution in [0.25, 0.3) is 11.0 Å². The highest BCUT2D eigenvalue weighted by Crippen LogP contribution is 2.23. The minimum absolute atomic E-state index is 0.0514. The maximum Gasteiger partial charge on any atom is 0.151 e. The smallest absolute Gasteiger partial charge is 0.151 e. The number of fused-ring (bicyclic) bond motifs is 1. The van der Waals surface area contributed by atoms with Gasteiger partial charge in [-0.05, 0) is 29.8 Å². The second-order valence-corrected chi connectivity index (χ2v) is 5.28. The van der Waals surface area contributed by atoms with Gasteiger partial charge in [0.25, 0.3) is 0 Å². The predicted molar refractivity (Wildman–Crippen MR) is 79.8 cm³/mol. The van der Waals surface area contributed by atoms with Crippen molar-refractivity contribution >= 4 is 34.2 Å². The molecule has 0 fully saturated rings. The number of aromatic nitrogens is 2. The first kappa shape index (κ1) is 14.3. The second kappa shape index (κ2) is 5.62. The lowest BCUT2D eigenvalue weighted by atomic mass is 10.2. The summed E-state index contributed by atoms with van der Waals surface area (Å²) < 4.78 is 28.8. The van der Waals surface area contributed by atoms with Gasteiger partial charge in [0.2, 0.25) is 0 Å². The molecule has 0 spiro atoms. The molecule has 1 aromatic heterocycles. The van der Waals surface area contributed by atoms with Crippen molar-refractivity contribution in [2.45, 2.75) is 12.4 Å². The number of benzene rings is 2. The number of halogens is 4. The molecule has 0 saturated heterocycles. The van der Waals surface area contributed by atoms with Crippen LogP contribution in [0.2, 0.25) is 5.02 Å². The summed E-state index contributed by atoms with van der Waals surface area (Å²) >= 11 is 11.7. The molecule has 0 aliphatic heterocycles. The highest BCUT2D eigenvalue weighted by atomic mass is 35.5. The summed E-state index contributed by atoms with van der Waals surface area (Å²) in [6.07, 6.45) is 0. The van der Waals surface area contributed by atoms with Crippen molar-refractivity contribution in [2.75, 3.05) is 0 Å². The fourth-order valence-corrected chi connectivity index (χ4v) is 2.67. The van der Waals surface area contributed by atoms with Gasteiger partial charge in [0, 0.05) is 6.54 Å². The maximum atomic E-state index is 13.8. The molecule has 0 aliphatic rings. The lowest BCUT2D eigenvalue weighted by Gasteiger charge is -2.08. The first-order valence-electron chi connectivity index (χ1n) is 6.23. The Bertz CT molecular complexity index is 815. The molecule has 0 amide bonds. The van der Waals surface area contributed by atoms with Crippen molar-refractivity contribution in [2.24, 2.45) is 0 Å². The zero-order chi connectivity index (χ0) is 15.0. The van der Waals surface area contributed by atoms with Gasteiger partial charge in [-0.15, -0.1) is 11.6 Å². The van der Waals surface area contributed by atoms with Gasteiger partial charge in [-0.25, -0.2) is 13.8 Å². The topological polar surface area (TPSA) is 17.8 Å². The van der Waals surface area contributed by atoms with Gasteiger partial charge in [0.1, 0.15) is 17.2 Å². The molecule has 6 heteroatoms. The molecule has 21 heavy (non-hydrogen) atoms. The molecule has 108 valence electrons. The lowest BCUT2D eigenvalue weighted by Crippen LogP contribution is -2.04. The Morgan fingerprint density at radius 3 is 2.62 bits per heavy atom. The minimum atomic E-state index is -0.473. The average molecular weight is 327 g/mol. The molecule has 1 heterocycles. The zero-order valence-electron chi connectivity index (χ0n) is 10.8. The first-order valence-corrected chi connectivity index (χ1v) is 7.15. The third-order valence-electron chi connectivity index (χ3n) is 3.25. The van der Waals surface area contributed by atoms with Crippen molar-refractivity contribution in [3.8, 4) is 0 Å². The molecule has 3 rings (SSSR count). The molecule has 3 aromatic rings. The van der Waals surface area contributed by atoms with Gasteiger partial charge >= 0.3 is 0 Å². The fraction of sp³-hybridized carbons (Fsp3) is 0.133. The van der Waals surface area contributed by atoms with Crippen LogP contribution in [0.15, 0.2) is 36.4 Å². The summed E-state index contributed by atoms with van der Waals surface area (Å²) in [5, 5.41) is 0.0514. The molecule has 0 atom stereocenters. The molecule has 0 radical (unpaired) electrons. The number of nitrogens with zero attached hydrogens (tertiary/aromatic N) is 2. The standard InChI is InChI=1S/C15H10Cl2F2N2/c16-7-14-20-15-12(19)2-1-3-13(15)21(14)8-9-4-5-11(18)10(17)6-9/h1-6H,7-8H2. The molecule has 2 aromatic carbocycles. The van der Waals surface area contributed by atoms with E-state index in [-0.39, 0.29) is 16.4 Å². The molecule has 0 unspecified atom stereocenters. The first-order chi connectivity index (χ1) is 10.1. The van der Waals surface area contributed by atoms with Gasteiger partial charge in [-0.1, -0.05) is 23.7 Å². The third-order valence-corrected chi connectivity index (χ3v) is 3.78. The Morgan fingerprint density at radius 2 is 1.90 bits per heavy atom. The Hall–Kier alpha value is -1.65. The molecule has 0 saturated carbocycles. The number of rotatable bonds is 3. The molecule has 0 aliphatic carbocycles. The maximum absolute atomic E-state index is 13.8. The van der Waals surface area contributed by atoms with Gasteiger partial charge in [0.15, 0.2) is 5.82 Å². The lowest BCUT2D eigenvalue weighted by molar-refractivity contribution is 0.626. The van der Waals surface area contributed by atoms with E-state index < -0.39 is 11.6 Å². The van der Waals surface area contributed by atoms with Crippen LogP contribution in [0.4, 0.5) is 8.78 Å². The van der Waals surface area contributed by atoms with Crippen LogP contribution in [0.5, 0.6) is 0 Å². The minimum Gasteiger partial charge on any atom is -0.322 e. The largest absolute Gasteiger partial charge is 0.322 e. The quantitative estimate of drug-likeness (QED) is 0.635. The summed E-state index contributed by atoms with van der Waals surface area (Å²) in [7, 11) is 0. The number of hydrogen-bond acceptors (Lipinski definition) is 1. The highest BCUT2D eigenvalue weighted by Gasteiger charge is 2.13. The van der Waals surface area contributed by atoms with Crippen LogP contribution in [-0.4, -0.2) is 9.55 Å². The zero-order valence-corrected chi connectivity index (χ0v) is 12.3. The van der Waals surface area contributed by atoms with E-state index in [0.29, 0.717) is 17.9 Å². The highest BCUT2D eigenvalue weighted by molar-refractivity contribution is 6.30. The Balaban J connectivity index is 2.10. The van der Waals surface area contributed by atoms with E-state index in [1.165, 1.54) is 12.1 Å². The van der Waals surface area contributed by atoms with E-state index in [0.717, 1.165) is 5.56 Å². The van der Waals surface area contributed by atoms with E-state index in [1.54, 1.807) is 28.8 Å². The van der Waals surface area contributed by atoms with Gasteiger partial charge in [-0.3, -0.25) is 0 Å².